The number of unbranched alkanes of at least 4 members (excludes halogenated alkanes) is 16. The van der Waals surface area contributed by atoms with Crippen molar-refractivity contribution in [3.63, 3.8) is 0 Å². The average Bonchev–Trinajstić information content (AvgIpc) is 3.36. The second-order valence-corrected chi connectivity index (χ2v) is 21.7. The van der Waals surface area contributed by atoms with Crippen molar-refractivity contribution in [1.29, 1.82) is 0 Å². The lowest BCUT2D eigenvalue weighted by Crippen LogP contribution is -2.45. The van der Waals surface area contributed by atoms with Gasteiger partial charge in [0.1, 0.15) is 13.2 Å². The molecule has 0 aromatic heterocycles. The number of hydrogen-bond donors (Lipinski definition) is 2. The van der Waals surface area contributed by atoms with Gasteiger partial charge in [0.15, 0.2) is 0 Å². The molecule has 3 atom stereocenters. The number of phosphoric ester groups is 1. The molecule has 0 aromatic rings. The van der Waals surface area contributed by atoms with Crippen LogP contribution in [-0.4, -0.2) is 68.5 Å². The summed E-state index contributed by atoms with van der Waals surface area (Å²) in [6, 6.07) is -0.914. The monoisotopic (exact) mass is 1040 g/mol. The van der Waals surface area contributed by atoms with Crippen LogP contribution in [0.15, 0.2) is 146 Å². The molecule has 3 unspecified atom stereocenters. The molecule has 9 heteroatoms. The molecule has 74 heavy (non-hydrogen) atoms. The number of rotatable bonds is 51. The zero-order valence-electron chi connectivity index (χ0n) is 47.7. The number of allylic oxidation sites excluding steroid dienone is 23. The van der Waals surface area contributed by atoms with Crippen LogP contribution in [0.3, 0.4) is 0 Å². The Morgan fingerprint density at radius 1 is 0.486 bits per heavy atom. The molecule has 420 valence electrons. The summed E-state index contributed by atoms with van der Waals surface area (Å²) in [5.41, 5.74) is 0. The van der Waals surface area contributed by atoms with Crippen LogP contribution in [0.5, 0.6) is 0 Å². The van der Waals surface area contributed by atoms with E-state index in [9.17, 15) is 19.4 Å². The fourth-order valence-corrected chi connectivity index (χ4v) is 8.21. The number of nitrogens with zero attached hydrogens (tertiary/aromatic N) is 1. The highest BCUT2D eigenvalue weighted by atomic mass is 31.2. The summed E-state index contributed by atoms with van der Waals surface area (Å²) in [7, 11) is 1.22. The minimum atomic E-state index is -4.61. The lowest BCUT2D eigenvalue weighted by atomic mass is 10.0. The van der Waals surface area contributed by atoms with Crippen molar-refractivity contribution in [2.24, 2.45) is 0 Å². The average molecular weight is 1050 g/mol. The van der Waals surface area contributed by atoms with Gasteiger partial charge in [0.05, 0.1) is 39.9 Å². The summed E-state index contributed by atoms with van der Waals surface area (Å²) in [4.78, 5) is 25.4. The lowest BCUT2D eigenvalue weighted by molar-refractivity contribution is -0.870. The Hall–Kier alpha value is -3.62. The van der Waals surface area contributed by atoms with Crippen molar-refractivity contribution in [3.05, 3.63) is 146 Å². The molecule has 0 heterocycles. The lowest BCUT2D eigenvalue weighted by Gasteiger charge is -2.29. The van der Waals surface area contributed by atoms with Crippen molar-refractivity contribution < 1.29 is 32.9 Å². The molecule has 0 aromatic carbocycles. The number of phosphoric acid groups is 1. The first-order valence-corrected chi connectivity index (χ1v) is 30.7. The van der Waals surface area contributed by atoms with Crippen LogP contribution in [0, 0.1) is 0 Å². The van der Waals surface area contributed by atoms with Crippen LogP contribution >= 0.6 is 7.82 Å². The Bertz CT molecular complexity index is 1710. The van der Waals surface area contributed by atoms with E-state index >= 15 is 0 Å². The maximum atomic E-state index is 12.9. The van der Waals surface area contributed by atoms with Gasteiger partial charge in [-0.1, -0.05) is 237 Å². The van der Waals surface area contributed by atoms with Gasteiger partial charge in [-0.15, -0.1) is 0 Å². The molecule has 2 N–H and O–H groups in total. The van der Waals surface area contributed by atoms with Crippen LogP contribution in [0.25, 0.3) is 0 Å². The Morgan fingerprint density at radius 3 is 1.26 bits per heavy atom. The van der Waals surface area contributed by atoms with Crippen molar-refractivity contribution >= 4 is 13.7 Å². The Balaban J connectivity index is 4.07. The molecule has 0 rings (SSSR count). The largest absolute Gasteiger partial charge is 0.756 e. The van der Waals surface area contributed by atoms with E-state index in [1.54, 1.807) is 6.08 Å². The standard InChI is InChI=1S/C65H109N2O6P/c1-6-8-10-12-14-16-18-19-20-21-22-23-24-25-26-27-28-29-30-31-32-33-34-35-36-37-38-39-40-41-42-43-44-45-46-47-49-51-53-55-57-59-65(69)66-63(62-73-74(70,71)72-61-60-67(3,4)5)64(68)58-56-54-52-50-48-17-15-13-11-9-7-2/h8,10,14,16,19-20,22-23,25-26,28-29,31-32,34-35,37-38,40-41,48,50,56,58,63-64,68H,6-7,9,11-13,15,17-18,21,24,27,30,33,36,39,42-47,49,51-55,57,59-62H2,1-5H3,(H-,66,69,70,71)/b10-8-,16-14-,20-19-,23-22-,26-25-,29-28-,32-31-,35-34-,38-37-,41-40-,50-48+,58-56+. The number of carbonyl (C=O) groups is 1. The predicted octanol–water partition coefficient (Wildman–Crippen LogP) is 17.5. The molecule has 0 saturated carbocycles. The minimum Gasteiger partial charge on any atom is -0.756 e. The first kappa shape index (κ1) is 70.4. The molecule has 0 radical (unpaired) electrons. The Kier molecular flexibility index (Phi) is 51.5. The van der Waals surface area contributed by atoms with Crippen LogP contribution < -0.4 is 10.2 Å². The van der Waals surface area contributed by atoms with Crippen LogP contribution in [0.1, 0.15) is 206 Å². The summed E-state index contributed by atoms with van der Waals surface area (Å²) in [5.74, 6) is -0.220. The molecule has 1 amide bonds. The predicted molar refractivity (Wildman–Crippen MR) is 320 cm³/mol. The first-order chi connectivity index (χ1) is 36.0. The minimum absolute atomic E-state index is 0.0141. The molecule has 0 spiro atoms. The van der Waals surface area contributed by atoms with Crippen molar-refractivity contribution in [3.8, 4) is 0 Å². The van der Waals surface area contributed by atoms with Crippen LogP contribution in [0.4, 0.5) is 0 Å². The van der Waals surface area contributed by atoms with Gasteiger partial charge in [-0.25, -0.2) is 0 Å². The summed E-state index contributed by atoms with van der Waals surface area (Å²) >= 11 is 0. The van der Waals surface area contributed by atoms with Crippen LogP contribution in [0.2, 0.25) is 0 Å². The van der Waals surface area contributed by atoms with E-state index < -0.39 is 26.6 Å². The van der Waals surface area contributed by atoms with E-state index in [1.165, 1.54) is 70.6 Å². The first-order valence-electron chi connectivity index (χ1n) is 29.2. The number of amides is 1. The summed E-state index contributed by atoms with van der Waals surface area (Å²) in [6.07, 6.45) is 83.7. The number of quaternary nitrogens is 1. The summed E-state index contributed by atoms with van der Waals surface area (Å²) in [6.45, 7) is 4.46. The smallest absolute Gasteiger partial charge is 0.268 e. The highest BCUT2D eigenvalue weighted by Crippen LogP contribution is 2.38. The maximum Gasteiger partial charge on any atom is 0.268 e. The molecular weight excluding hydrogens is 936 g/mol. The van der Waals surface area contributed by atoms with Gasteiger partial charge in [0, 0.05) is 6.42 Å². The number of nitrogens with one attached hydrogen (secondary N) is 1. The van der Waals surface area contributed by atoms with E-state index in [-0.39, 0.29) is 12.5 Å². The van der Waals surface area contributed by atoms with Gasteiger partial charge >= 0.3 is 0 Å². The molecular formula is C65H109N2O6P. The zero-order valence-corrected chi connectivity index (χ0v) is 48.6. The highest BCUT2D eigenvalue weighted by molar-refractivity contribution is 7.45. The molecule has 0 fully saturated rings. The van der Waals surface area contributed by atoms with E-state index in [1.807, 2.05) is 27.2 Å². The van der Waals surface area contributed by atoms with E-state index in [2.05, 4.69) is 153 Å². The Labute approximate surface area is 455 Å². The molecule has 0 saturated heterocycles. The van der Waals surface area contributed by atoms with Gasteiger partial charge in [-0.05, 0) is 109 Å². The Morgan fingerprint density at radius 2 is 0.838 bits per heavy atom. The van der Waals surface area contributed by atoms with Gasteiger partial charge in [0.2, 0.25) is 5.91 Å². The quantitative estimate of drug-likeness (QED) is 0.0272. The topological polar surface area (TPSA) is 108 Å². The molecule has 0 bridgehead atoms. The van der Waals surface area contributed by atoms with Crippen molar-refractivity contribution in [2.45, 2.75) is 219 Å². The highest BCUT2D eigenvalue weighted by Gasteiger charge is 2.23. The maximum absolute atomic E-state index is 12.9. The van der Waals surface area contributed by atoms with Crippen molar-refractivity contribution in [2.75, 3.05) is 40.9 Å². The van der Waals surface area contributed by atoms with Crippen LogP contribution in [-0.2, 0) is 18.4 Å². The second-order valence-electron chi connectivity index (χ2n) is 20.3. The normalized spacial score (nSPS) is 15.0. The van der Waals surface area contributed by atoms with Gasteiger partial charge < -0.3 is 28.8 Å². The SMILES string of the molecule is CC/C=C\C/C=C\C/C=C\C/C=C\C/C=C\C/C=C\C/C=C\C/C=C\C/C=C\C/C=C\CCCCCCCCCCCCC(=O)NC(COP(=O)([O-])OCC[N+](C)(C)C)C(O)/C=C/CC/C=C/CCCCCCC. The molecule has 0 aliphatic carbocycles. The summed E-state index contributed by atoms with van der Waals surface area (Å²) in [5, 5.41) is 13.8. The number of aliphatic hydroxyl groups excluding tert-OH is 1. The van der Waals surface area contributed by atoms with E-state index in [0.29, 0.717) is 17.4 Å². The third-order valence-corrected chi connectivity index (χ3v) is 13.0. The molecule has 8 nitrogen and oxygen atoms in total. The fourth-order valence-electron chi connectivity index (χ4n) is 7.49. The van der Waals surface area contributed by atoms with E-state index in [0.717, 1.165) is 116 Å². The third kappa shape index (κ3) is 56.1. The van der Waals surface area contributed by atoms with Gasteiger partial charge in [-0.3, -0.25) is 9.36 Å². The number of likely N-dealkylation sites (N-methyl/N-ethyl adjacent to an activating group) is 1. The van der Waals surface area contributed by atoms with Crippen molar-refractivity contribution in [1.82, 2.24) is 5.32 Å². The zero-order chi connectivity index (χ0) is 54.2. The summed E-state index contributed by atoms with van der Waals surface area (Å²) < 4.78 is 23.2. The molecule has 0 aliphatic rings. The number of carbonyl (C=O) groups excluding carboxylic acids is 1. The van der Waals surface area contributed by atoms with Gasteiger partial charge in [-0.2, -0.15) is 0 Å². The number of hydrogen-bond acceptors (Lipinski definition) is 6. The van der Waals surface area contributed by atoms with Gasteiger partial charge in [0.25, 0.3) is 7.82 Å². The number of aliphatic hydroxyl groups is 1. The third-order valence-electron chi connectivity index (χ3n) is 12.0. The van der Waals surface area contributed by atoms with E-state index in [4.69, 9.17) is 9.05 Å². The fraction of sp³-hybridized carbons (Fsp3) is 0.615. The molecule has 0 aliphatic heterocycles. The second kappa shape index (κ2) is 54.2.